The van der Waals surface area contributed by atoms with Gasteiger partial charge in [-0.3, -0.25) is 4.79 Å². The quantitative estimate of drug-likeness (QED) is 0.571. The van der Waals surface area contributed by atoms with Crippen LogP contribution in [0.4, 0.5) is 14.6 Å². The van der Waals surface area contributed by atoms with Gasteiger partial charge in [0.2, 0.25) is 5.78 Å². The third kappa shape index (κ3) is 2.71. The van der Waals surface area contributed by atoms with Gasteiger partial charge >= 0.3 is 0 Å². The molecule has 0 amide bonds. The van der Waals surface area contributed by atoms with Crippen LogP contribution in [0.1, 0.15) is 5.56 Å². The van der Waals surface area contributed by atoms with Crippen molar-refractivity contribution in [1.29, 1.82) is 5.26 Å². The maximum Gasteiger partial charge on any atom is 0.261 e. The molecule has 8 heteroatoms. The lowest BCUT2D eigenvalue weighted by Gasteiger charge is -2.07. The molecule has 0 aliphatic carbocycles. The molecule has 4 aromatic rings. The molecule has 0 spiro atoms. The minimum atomic E-state index is -0.831. The predicted octanol–water partition coefficient (Wildman–Crippen LogP) is 3.09. The largest absolute Gasteiger partial charge is 0.385 e. The molecule has 0 aliphatic rings. The lowest BCUT2D eigenvalue weighted by molar-refractivity contribution is 0.585. The van der Waals surface area contributed by atoms with Crippen molar-refractivity contribution in [2.45, 2.75) is 0 Å². The minimum Gasteiger partial charge on any atom is -0.385 e. The molecular weight excluding hydrogens is 352 g/mol. The minimum absolute atomic E-state index is 0.0125. The molecule has 2 aromatic heterocycles. The molecule has 0 radical (unpaired) electrons. The zero-order valence-corrected chi connectivity index (χ0v) is 13.7. The van der Waals surface area contributed by atoms with Crippen LogP contribution in [-0.4, -0.2) is 14.4 Å². The molecule has 0 bridgehead atoms. The summed E-state index contributed by atoms with van der Waals surface area (Å²) in [5.41, 5.74) is 6.64. The molecule has 27 heavy (non-hydrogen) atoms. The van der Waals surface area contributed by atoms with E-state index >= 15 is 0 Å². The molecule has 6 nitrogen and oxygen atoms in total. The number of fused-ring (bicyclic) bond motifs is 1. The van der Waals surface area contributed by atoms with Gasteiger partial charge in [-0.1, -0.05) is 12.1 Å². The number of nitrogens with zero attached hydrogens (tertiary/aromatic N) is 3. The van der Waals surface area contributed by atoms with Gasteiger partial charge in [-0.05, 0) is 24.3 Å². The molecule has 0 saturated heterocycles. The number of nitrogen functional groups attached to an aromatic ring is 1. The van der Waals surface area contributed by atoms with Gasteiger partial charge in [0.1, 0.15) is 17.5 Å². The van der Waals surface area contributed by atoms with Crippen molar-refractivity contribution in [3.05, 3.63) is 76.1 Å². The van der Waals surface area contributed by atoms with Gasteiger partial charge < -0.3 is 10.7 Å². The Balaban J connectivity index is 2.10. The number of hydrogen-bond donors (Lipinski definition) is 2. The van der Waals surface area contributed by atoms with Gasteiger partial charge in [-0.15, -0.1) is 0 Å². The summed E-state index contributed by atoms with van der Waals surface area (Å²) < 4.78 is 29.1. The van der Waals surface area contributed by atoms with Crippen molar-refractivity contribution in [1.82, 2.24) is 14.4 Å². The van der Waals surface area contributed by atoms with E-state index in [0.29, 0.717) is 16.8 Å². The van der Waals surface area contributed by atoms with Crippen molar-refractivity contribution in [3.63, 3.8) is 0 Å². The molecule has 132 valence electrons. The average molecular weight is 363 g/mol. The first-order chi connectivity index (χ1) is 13.0. The summed E-state index contributed by atoms with van der Waals surface area (Å²) in [6.07, 6.45) is 0. The number of aromatic nitrogens is 3. The van der Waals surface area contributed by atoms with E-state index in [2.05, 4.69) is 9.97 Å². The number of anilines is 1. The van der Waals surface area contributed by atoms with Crippen LogP contribution in [0.25, 0.3) is 28.3 Å². The Labute approximate surface area is 151 Å². The monoisotopic (exact) mass is 363 g/mol. The fourth-order valence-corrected chi connectivity index (χ4v) is 2.92. The van der Waals surface area contributed by atoms with E-state index in [0.717, 1.165) is 18.2 Å². The number of halogens is 2. The van der Waals surface area contributed by atoms with Crippen LogP contribution >= 0.6 is 0 Å². The zero-order valence-electron chi connectivity index (χ0n) is 13.7. The second-order valence-corrected chi connectivity index (χ2v) is 5.84. The third-order valence-electron chi connectivity index (χ3n) is 4.11. The molecule has 0 saturated carbocycles. The maximum atomic E-state index is 14.5. The van der Waals surface area contributed by atoms with Crippen LogP contribution in [0.3, 0.4) is 0 Å². The Bertz CT molecular complexity index is 1280. The van der Waals surface area contributed by atoms with Crippen molar-refractivity contribution in [2.24, 2.45) is 0 Å². The van der Waals surface area contributed by atoms with Crippen molar-refractivity contribution < 1.29 is 8.78 Å². The van der Waals surface area contributed by atoms with Gasteiger partial charge in [-0.2, -0.15) is 5.26 Å². The topological polar surface area (TPSA) is 100.0 Å². The number of nitriles is 1. The number of aromatic amines is 1. The molecule has 0 aliphatic heterocycles. The normalized spacial score (nSPS) is 10.9. The van der Waals surface area contributed by atoms with E-state index in [9.17, 15) is 13.6 Å². The highest BCUT2D eigenvalue weighted by Gasteiger charge is 2.21. The zero-order chi connectivity index (χ0) is 19.1. The van der Waals surface area contributed by atoms with Crippen LogP contribution < -0.4 is 11.3 Å². The van der Waals surface area contributed by atoms with Crippen LogP contribution in [0, 0.1) is 23.0 Å². The van der Waals surface area contributed by atoms with E-state index in [1.54, 1.807) is 24.3 Å². The summed E-state index contributed by atoms with van der Waals surface area (Å²) in [6, 6.07) is 12.7. The van der Waals surface area contributed by atoms with E-state index < -0.39 is 17.2 Å². The summed E-state index contributed by atoms with van der Waals surface area (Å²) in [5.74, 6) is -1.33. The van der Waals surface area contributed by atoms with Gasteiger partial charge in [0.15, 0.2) is 0 Å². The third-order valence-corrected chi connectivity index (χ3v) is 4.11. The second kappa shape index (κ2) is 6.07. The second-order valence-electron chi connectivity index (χ2n) is 5.84. The van der Waals surface area contributed by atoms with Gasteiger partial charge in [0.25, 0.3) is 5.56 Å². The lowest BCUT2D eigenvalue weighted by atomic mass is 10.0. The van der Waals surface area contributed by atoms with E-state index in [-0.39, 0.29) is 22.9 Å². The molecule has 0 atom stereocenters. The van der Waals surface area contributed by atoms with Gasteiger partial charge in [0, 0.05) is 23.3 Å². The molecule has 0 unspecified atom stereocenters. The fourth-order valence-electron chi connectivity index (χ4n) is 2.92. The Morgan fingerprint density at radius 1 is 1.11 bits per heavy atom. The SMILES string of the molecule is N#Cc1ccc(-c2nc3[nH]c(N)cc(=O)n3c2-c2ccc(F)cc2F)cc1. The number of rotatable bonds is 2. The Hall–Kier alpha value is -3.99. The molecule has 2 heterocycles. The summed E-state index contributed by atoms with van der Waals surface area (Å²) in [7, 11) is 0. The first-order valence-corrected chi connectivity index (χ1v) is 7.85. The summed E-state index contributed by atoms with van der Waals surface area (Å²) >= 11 is 0. The highest BCUT2D eigenvalue weighted by atomic mass is 19.1. The predicted molar refractivity (Wildman–Crippen MR) is 95.7 cm³/mol. The van der Waals surface area contributed by atoms with Gasteiger partial charge in [-0.25, -0.2) is 18.2 Å². The van der Waals surface area contributed by atoms with E-state index in [1.165, 1.54) is 10.5 Å². The average Bonchev–Trinajstić information content (AvgIpc) is 3.01. The lowest BCUT2D eigenvalue weighted by Crippen LogP contribution is -2.15. The van der Waals surface area contributed by atoms with Gasteiger partial charge in [0.05, 0.1) is 23.0 Å². The first kappa shape index (κ1) is 16.5. The van der Waals surface area contributed by atoms with Crippen molar-refractivity contribution in [3.8, 4) is 28.6 Å². The molecule has 3 N–H and O–H groups in total. The first-order valence-electron chi connectivity index (χ1n) is 7.85. The summed E-state index contributed by atoms with van der Waals surface area (Å²) in [5, 5.41) is 8.96. The van der Waals surface area contributed by atoms with Crippen molar-refractivity contribution in [2.75, 3.05) is 5.73 Å². The van der Waals surface area contributed by atoms with Crippen LogP contribution in [0.5, 0.6) is 0 Å². The van der Waals surface area contributed by atoms with Crippen LogP contribution in [0.15, 0.2) is 53.3 Å². The number of benzene rings is 2. The van der Waals surface area contributed by atoms with Crippen molar-refractivity contribution >= 4 is 11.6 Å². The number of imidazole rings is 1. The number of nitrogens with one attached hydrogen (secondary N) is 1. The Morgan fingerprint density at radius 3 is 2.52 bits per heavy atom. The highest BCUT2D eigenvalue weighted by Crippen LogP contribution is 2.33. The Morgan fingerprint density at radius 2 is 1.85 bits per heavy atom. The number of hydrogen-bond acceptors (Lipinski definition) is 4. The standard InChI is InChI=1S/C19H11F2N5O/c20-12-5-6-13(14(21)7-12)18-17(11-3-1-10(9-22)2-4-11)25-19-24-15(23)8-16(27)26(18)19/h1-8H,23H2,(H,24,25). The summed E-state index contributed by atoms with van der Waals surface area (Å²) in [4.78, 5) is 19.6. The van der Waals surface area contributed by atoms with E-state index in [1.807, 2.05) is 6.07 Å². The smallest absolute Gasteiger partial charge is 0.261 e. The van der Waals surface area contributed by atoms with Crippen LogP contribution in [-0.2, 0) is 0 Å². The molecule has 0 fully saturated rings. The maximum absolute atomic E-state index is 14.5. The van der Waals surface area contributed by atoms with Crippen LogP contribution in [0.2, 0.25) is 0 Å². The van der Waals surface area contributed by atoms with E-state index in [4.69, 9.17) is 11.0 Å². The number of nitrogens with two attached hydrogens (primary N) is 1. The highest BCUT2D eigenvalue weighted by molar-refractivity contribution is 5.82. The molecular formula is C19H11F2N5O. The number of H-pyrrole nitrogens is 1. The fraction of sp³-hybridized carbons (Fsp3) is 0. The Kier molecular flexibility index (Phi) is 3.70. The molecule has 4 rings (SSSR count). The summed E-state index contributed by atoms with van der Waals surface area (Å²) in [6.45, 7) is 0. The molecule has 2 aromatic carbocycles.